The van der Waals surface area contributed by atoms with Gasteiger partial charge in [-0.15, -0.1) is 0 Å². The summed E-state index contributed by atoms with van der Waals surface area (Å²) in [6, 6.07) is 1.90. The second-order valence-corrected chi connectivity index (χ2v) is 4.49. The molecule has 0 spiro atoms. The Labute approximate surface area is 99.8 Å². The van der Waals surface area contributed by atoms with Crippen molar-refractivity contribution in [2.45, 2.75) is 32.7 Å². The van der Waals surface area contributed by atoms with E-state index < -0.39 is 5.54 Å². The SMILES string of the molecule is CCC(C)(N)c1noc(-c2cc(C)nn2C)n1. The average Bonchev–Trinajstić information content (AvgIpc) is 2.85. The number of nitrogens with two attached hydrogens (primary N) is 1. The van der Waals surface area contributed by atoms with Crippen LogP contribution in [0.1, 0.15) is 31.8 Å². The molecule has 0 saturated heterocycles. The van der Waals surface area contributed by atoms with Gasteiger partial charge in [0.2, 0.25) is 0 Å². The third kappa shape index (κ3) is 2.08. The molecule has 2 aromatic rings. The van der Waals surface area contributed by atoms with Crippen LogP contribution in [0.4, 0.5) is 0 Å². The molecule has 0 fully saturated rings. The molecule has 17 heavy (non-hydrogen) atoms. The fourth-order valence-electron chi connectivity index (χ4n) is 1.53. The van der Waals surface area contributed by atoms with Gasteiger partial charge in [-0.3, -0.25) is 4.68 Å². The summed E-state index contributed by atoms with van der Waals surface area (Å²) in [7, 11) is 1.84. The van der Waals surface area contributed by atoms with Crippen molar-refractivity contribution in [1.29, 1.82) is 0 Å². The highest BCUT2D eigenvalue weighted by Gasteiger charge is 2.26. The van der Waals surface area contributed by atoms with Gasteiger partial charge in [-0.1, -0.05) is 12.1 Å². The van der Waals surface area contributed by atoms with Gasteiger partial charge in [0.1, 0.15) is 5.69 Å². The first kappa shape index (κ1) is 11.8. The molecule has 0 aliphatic rings. The molecule has 92 valence electrons. The van der Waals surface area contributed by atoms with Gasteiger partial charge < -0.3 is 10.3 Å². The zero-order chi connectivity index (χ0) is 12.6. The fourth-order valence-corrected chi connectivity index (χ4v) is 1.53. The lowest BCUT2D eigenvalue weighted by Crippen LogP contribution is -2.33. The third-order valence-corrected chi connectivity index (χ3v) is 2.89. The smallest absolute Gasteiger partial charge is 0.276 e. The molecular formula is C11H17N5O. The number of nitrogens with zero attached hydrogens (tertiary/aromatic N) is 4. The van der Waals surface area contributed by atoms with Gasteiger partial charge >= 0.3 is 0 Å². The molecule has 0 radical (unpaired) electrons. The van der Waals surface area contributed by atoms with E-state index >= 15 is 0 Å². The van der Waals surface area contributed by atoms with Crippen molar-refractivity contribution in [2.75, 3.05) is 0 Å². The van der Waals surface area contributed by atoms with Crippen LogP contribution >= 0.6 is 0 Å². The van der Waals surface area contributed by atoms with E-state index in [-0.39, 0.29) is 0 Å². The summed E-state index contributed by atoms with van der Waals surface area (Å²) in [6.45, 7) is 5.79. The molecule has 0 aliphatic carbocycles. The predicted octanol–water partition coefficient (Wildman–Crippen LogP) is 1.36. The summed E-state index contributed by atoms with van der Waals surface area (Å²) in [6.07, 6.45) is 0.746. The van der Waals surface area contributed by atoms with Crippen LogP contribution in [0.25, 0.3) is 11.6 Å². The Morgan fingerprint density at radius 1 is 1.53 bits per heavy atom. The Balaban J connectivity index is 2.40. The Hall–Kier alpha value is -1.69. The lowest BCUT2D eigenvalue weighted by atomic mass is 10.0. The quantitative estimate of drug-likeness (QED) is 0.868. The largest absolute Gasteiger partial charge is 0.332 e. The molecule has 0 aliphatic heterocycles. The predicted molar refractivity (Wildman–Crippen MR) is 63.1 cm³/mol. The van der Waals surface area contributed by atoms with Crippen LogP contribution in [0.5, 0.6) is 0 Å². The van der Waals surface area contributed by atoms with Crippen molar-refractivity contribution in [1.82, 2.24) is 19.9 Å². The van der Waals surface area contributed by atoms with Crippen LogP contribution in [0.15, 0.2) is 10.6 Å². The molecule has 2 heterocycles. The minimum Gasteiger partial charge on any atom is -0.332 e. The maximum atomic E-state index is 6.06. The Bertz CT molecular complexity index is 526. The van der Waals surface area contributed by atoms with Crippen molar-refractivity contribution < 1.29 is 4.52 Å². The van der Waals surface area contributed by atoms with Crippen LogP contribution in [0.3, 0.4) is 0 Å². The zero-order valence-corrected chi connectivity index (χ0v) is 10.6. The van der Waals surface area contributed by atoms with Gasteiger partial charge in [0.15, 0.2) is 5.82 Å². The van der Waals surface area contributed by atoms with Crippen LogP contribution in [-0.2, 0) is 12.6 Å². The van der Waals surface area contributed by atoms with E-state index in [1.807, 2.05) is 33.9 Å². The number of aromatic nitrogens is 4. The lowest BCUT2D eigenvalue weighted by Gasteiger charge is -2.16. The summed E-state index contributed by atoms with van der Waals surface area (Å²) in [5.41, 5.74) is 7.21. The van der Waals surface area contributed by atoms with Crippen molar-refractivity contribution in [2.24, 2.45) is 12.8 Å². The minimum absolute atomic E-state index is 0.452. The highest BCUT2D eigenvalue weighted by atomic mass is 16.5. The maximum Gasteiger partial charge on any atom is 0.276 e. The molecule has 0 aromatic carbocycles. The van der Waals surface area contributed by atoms with Crippen molar-refractivity contribution in [3.05, 3.63) is 17.6 Å². The van der Waals surface area contributed by atoms with Crippen molar-refractivity contribution >= 4 is 0 Å². The second kappa shape index (κ2) is 3.96. The zero-order valence-electron chi connectivity index (χ0n) is 10.6. The molecule has 0 amide bonds. The van der Waals surface area contributed by atoms with E-state index in [2.05, 4.69) is 15.2 Å². The van der Waals surface area contributed by atoms with Gasteiger partial charge in [-0.25, -0.2) is 0 Å². The summed E-state index contributed by atoms with van der Waals surface area (Å²) < 4.78 is 6.95. The maximum absolute atomic E-state index is 6.06. The van der Waals surface area contributed by atoms with Crippen LogP contribution < -0.4 is 5.73 Å². The molecule has 2 aromatic heterocycles. The molecular weight excluding hydrogens is 218 g/mol. The monoisotopic (exact) mass is 235 g/mol. The minimum atomic E-state index is -0.560. The Kier molecular flexibility index (Phi) is 2.74. The van der Waals surface area contributed by atoms with E-state index in [9.17, 15) is 0 Å². The van der Waals surface area contributed by atoms with E-state index in [0.717, 1.165) is 17.8 Å². The standard InChI is InChI=1S/C11H17N5O/c1-5-11(3,12)10-13-9(17-15-10)8-6-7(2)14-16(8)4/h6H,5,12H2,1-4H3. The average molecular weight is 235 g/mol. The van der Waals surface area contributed by atoms with E-state index in [0.29, 0.717) is 11.7 Å². The van der Waals surface area contributed by atoms with Gasteiger partial charge in [-0.2, -0.15) is 10.1 Å². The topological polar surface area (TPSA) is 82.8 Å². The molecule has 2 N–H and O–H groups in total. The summed E-state index contributed by atoms with van der Waals surface area (Å²) >= 11 is 0. The summed E-state index contributed by atoms with van der Waals surface area (Å²) in [5, 5.41) is 8.17. The summed E-state index contributed by atoms with van der Waals surface area (Å²) in [5.74, 6) is 0.974. The molecule has 0 bridgehead atoms. The van der Waals surface area contributed by atoms with Crippen LogP contribution in [0.2, 0.25) is 0 Å². The molecule has 0 saturated carbocycles. The van der Waals surface area contributed by atoms with Gasteiger partial charge in [0.05, 0.1) is 11.2 Å². The van der Waals surface area contributed by atoms with E-state index in [4.69, 9.17) is 10.3 Å². The lowest BCUT2D eigenvalue weighted by molar-refractivity contribution is 0.377. The first-order valence-electron chi connectivity index (χ1n) is 5.58. The van der Waals surface area contributed by atoms with Crippen molar-refractivity contribution in [3.8, 4) is 11.6 Å². The Morgan fingerprint density at radius 3 is 2.76 bits per heavy atom. The molecule has 6 heteroatoms. The normalized spacial score (nSPS) is 14.9. The van der Waals surface area contributed by atoms with Gasteiger partial charge in [0, 0.05) is 7.05 Å². The molecule has 6 nitrogen and oxygen atoms in total. The molecule has 1 unspecified atom stereocenters. The highest BCUT2D eigenvalue weighted by molar-refractivity contribution is 5.47. The fraction of sp³-hybridized carbons (Fsp3) is 0.545. The molecule has 2 rings (SSSR count). The molecule has 1 atom stereocenters. The highest BCUT2D eigenvalue weighted by Crippen LogP contribution is 2.23. The first-order chi connectivity index (χ1) is 7.94. The van der Waals surface area contributed by atoms with Crippen molar-refractivity contribution in [3.63, 3.8) is 0 Å². The third-order valence-electron chi connectivity index (χ3n) is 2.89. The first-order valence-corrected chi connectivity index (χ1v) is 5.58. The number of hydrogen-bond acceptors (Lipinski definition) is 5. The number of aryl methyl sites for hydroxylation is 2. The summed E-state index contributed by atoms with van der Waals surface area (Å²) in [4.78, 5) is 4.33. The number of rotatable bonds is 3. The van der Waals surface area contributed by atoms with E-state index in [1.165, 1.54) is 0 Å². The van der Waals surface area contributed by atoms with Gasteiger partial charge in [-0.05, 0) is 26.3 Å². The van der Waals surface area contributed by atoms with Gasteiger partial charge in [0.25, 0.3) is 5.89 Å². The van der Waals surface area contributed by atoms with Crippen LogP contribution in [0, 0.1) is 6.92 Å². The van der Waals surface area contributed by atoms with E-state index in [1.54, 1.807) is 4.68 Å². The van der Waals surface area contributed by atoms with Crippen LogP contribution in [-0.4, -0.2) is 19.9 Å². The number of hydrogen-bond donors (Lipinski definition) is 1. The second-order valence-electron chi connectivity index (χ2n) is 4.49. The Morgan fingerprint density at radius 2 is 2.24 bits per heavy atom.